The molecule has 0 fully saturated rings. The minimum Gasteiger partial charge on any atom is -0.462 e. The Morgan fingerprint density at radius 3 is 2.62 bits per heavy atom. The molecule has 24 heavy (non-hydrogen) atoms. The van der Waals surface area contributed by atoms with Gasteiger partial charge in [-0.15, -0.1) is 0 Å². The van der Waals surface area contributed by atoms with Crippen molar-refractivity contribution in [2.24, 2.45) is 0 Å². The number of carbonyl (C=O) groups is 2. The number of amides is 1. The number of carbonyl (C=O) groups excluding carboxylic acids is 2. The Balaban J connectivity index is 2.17. The minimum atomic E-state index is -0.503. The van der Waals surface area contributed by atoms with Gasteiger partial charge in [-0.3, -0.25) is 0 Å². The highest BCUT2D eigenvalue weighted by atomic mass is 16.6. The summed E-state index contributed by atoms with van der Waals surface area (Å²) in [6.07, 6.45) is 0.416. The lowest BCUT2D eigenvalue weighted by atomic mass is 9.93. The van der Waals surface area contributed by atoms with E-state index in [9.17, 15) is 9.59 Å². The molecule has 1 aromatic carbocycles. The lowest BCUT2D eigenvalue weighted by Gasteiger charge is -2.27. The average Bonchev–Trinajstić information content (AvgIpc) is 2.65. The van der Waals surface area contributed by atoms with E-state index in [4.69, 9.17) is 9.47 Å². The van der Waals surface area contributed by atoms with Gasteiger partial charge in [0, 0.05) is 13.1 Å². The van der Waals surface area contributed by atoms with E-state index in [0.29, 0.717) is 31.7 Å². The standard InChI is InChI=1S/C19H27NO4/c1-6-23-17(21)15-7-8-16-13(2)12-20(10-9-14(16)11-15)18(22)24-19(3,4)5/h7-8,11,13H,6,9-10,12H2,1-5H3. The normalized spacial score (nSPS) is 17.7. The van der Waals surface area contributed by atoms with Crippen molar-refractivity contribution in [3.8, 4) is 0 Å². The van der Waals surface area contributed by atoms with Crippen LogP contribution in [0.25, 0.3) is 0 Å². The fourth-order valence-corrected chi connectivity index (χ4v) is 2.91. The van der Waals surface area contributed by atoms with Gasteiger partial charge in [0.25, 0.3) is 0 Å². The Bertz CT molecular complexity index is 618. The van der Waals surface area contributed by atoms with E-state index in [-0.39, 0.29) is 18.0 Å². The van der Waals surface area contributed by atoms with E-state index in [1.54, 1.807) is 17.9 Å². The predicted octanol–water partition coefficient (Wildman–Crippen LogP) is 3.76. The molecule has 1 unspecified atom stereocenters. The highest BCUT2D eigenvalue weighted by Gasteiger charge is 2.27. The van der Waals surface area contributed by atoms with Crippen LogP contribution in [0.2, 0.25) is 0 Å². The third-order valence-electron chi connectivity index (χ3n) is 3.98. The zero-order chi connectivity index (χ0) is 17.9. The van der Waals surface area contributed by atoms with Crippen LogP contribution in [0.3, 0.4) is 0 Å². The van der Waals surface area contributed by atoms with Crippen LogP contribution in [-0.4, -0.2) is 42.3 Å². The molecule has 0 spiro atoms. The lowest BCUT2D eigenvalue weighted by Crippen LogP contribution is -2.38. The molecular weight excluding hydrogens is 306 g/mol. The second-order valence-corrected chi connectivity index (χ2v) is 7.21. The third kappa shape index (κ3) is 4.49. The summed E-state index contributed by atoms with van der Waals surface area (Å²) in [4.78, 5) is 26.0. The zero-order valence-electron chi connectivity index (χ0n) is 15.2. The summed E-state index contributed by atoms with van der Waals surface area (Å²) in [7, 11) is 0. The molecule has 1 atom stereocenters. The predicted molar refractivity (Wildman–Crippen MR) is 92.3 cm³/mol. The van der Waals surface area contributed by atoms with Crippen molar-refractivity contribution in [1.29, 1.82) is 0 Å². The summed E-state index contributed by atoms with van der Waals surface area (Å²) in [5.74, 6) is -0.118. The second kappa shape index (κ2) is 7.24. The Morgan fingerprint density at radius 2 is 2.00 bits per heavy atom. The maximum atomic E-state index is 12.4. The average molecular weight is 333 g/mol. The zero-order valence-corrected chi connectivity index (χ0v) is 15.2. The van der Waals surface area contributed by atoms with Crippen molar-refractivity contribution in [3.63, 3.8) is 0 Å². The Kier molecular flexibility index (Phi) is 5.52. The molecule has 2 rings (SSSR count). The van der Waals surface area contributed by atoms with E-state index in [0.717, 1.165) is 5.56 Å². The summed E-state index contributed by atoms with van der Waals surface area (Å²) in [6, 6.07) is 5.67. The van der Waals surface area contributed by atoms with Crippen molar-refractivity contribution >= 4 is 12.1 Å². The van der Waals surface area contributed by atoms with Crippen molar-refractivity contribution < 1.29 is 19.1 Å². The van der Waals surface area contributed by atoms with Gasteiger partial charge in [0.1, 0.15) is 5.60 Å². The molecule has 5 heteroatoms. The molecule has 0 bridgehead atoms. The first-order chi connectivity index (χ1) is 11.2. The summed E-state index contributed by atoms with van der Waals surface area (Å²) >= 11 is 0. The lowest BCUT2D eigenvalue weighted by molar-refractivity contribution is 0.0248. The Labute approximate surface area is 143 Å². The number of ether oxygens (including phenoxy) is 2. The number of esters is 1. The molecule has 0 N–H and O–H groups in total. The Hall–Kier alpha value is -2.04. The topological polar surface area (TPSA) is 55.8 Å². The molecule has 0 radical (unpaired) electrons. The summed E-state index contributed by atoms with van der Waals surface area (Å²) in [5, 5.41) is 0. The van der Waals surface area contributed by atoms with Crippen molar-refractivity contribution in [2.75, 3.05) is 19.7 Å². The van der Waals surface area contributed by atoms with Gasteiger partial charge in [-0.25, -0.2) is 9.59 Å². The van der Waals surface area contributed by atoms with Crippen molar-refractivity contribution in [2.45, 2.75) is 52.6 Å². The first-order valence-corrected chi connectivity index (χ1v) is 8.49. The monoisotopic (exact) mass is 333 g/mol. The molecule has 0 saturated heterocycles. The van der Waals surface area contributed by atoms with Gasteiger partial charge < -0.3 is 14.4 Å². The first-order valence-electron chi connectivity index (χ1n) is 8.49. The van der Waals surface area contributed by atoms with Gasteiger partial charge in [0.15, 0.2) is 0 Å². The highest BCUT2D eigenvalue weighted by Crippen LogP contribution is 2.27. The number of benzene rings is 1. The Morgan fingerprint density at radius 1 is 1.29 bits per heavy atom. The van der Waals surface area contributed by atoms with E-state index in [2.05, 4.69) is 6.92 Å². The van der Waals surface area contributed by atoms with Crippen LogP contribution >= 0.6 is 0 Å². The largest absolute Gasteiger partial charge is 0.462 e. The van der Waals surface area contributed by atoms with Crippen LogP contribution in [0.15, 0.2) is 18.2 Å². The van der Waals surface area contributed by atoms with Gasteiger partial charge in [-0.1, -0.05) is 13.0 Å². The minimum absolute atomic E-state index is 0.186. The molecule has 0 aromatic heterocycles. The van der Waals surface area contributed by atoms with Crippen LogP contribution in [0.5, 0.6) is 0 Å². The summed E-state index contributed by atoms with van der Waals surface area (Å²) in [6.45, 7) is 11.0. The highest BCUT2D eigenvalue weighted by molar-refractivity contribution is 5.89. The molecule has 132 valence electrons. The number of fused-ring (bicyclic) bond motifs is 1. The fraction of sp³-hybridized carbons (Fsp3) is 0.579. The van der Waals surface area contributed by atoms with E-state index in [1.807, 2.05) is 32.9 Å². The van der Waals surface area contributed by atoms with Gasteiger partial charge in [0.05, 0.1) is 12.2 Å². The quantitative estimate of drug-likeness (QED) is 0.773. The molecule has 1 amide bonds. The van der Waals surface area contributed by atoms with Crippen LogP contribution in [0.1, 0.15) is 62.0 Å². The van der Waals surface area contributed by atoms with E-state index < -0.39 is 5.60 Å². The van der Waals surface area contributed by atoms with Gasteiger partial charge in [-0.05, 0) is 63.3 Å². The molecule has 1 aliphatic heterocycles. The molecule has 0 aliphatic carbocycles. The van der Waals surface area contributed by atoms with Crippen LogP contribution in [-0.2, 0) is 15.9 Å². The molecular formula is C19H27NO4. The fourth-order valence-electron chi connectivity index (χ4n) is 2.91. The maximum Gasteiger partial charge on any atom is 0.410 e. The summed E-state index contributed by atoms with van der Waals surface area (Å²) < 4.78 is 10.6. The van der Waals surface area contributed by atoms with Gasteiger partial charge >= 0.3 is 12.1 Å². The van der Waals surface area contributed by atoms with E-state index in [1.165, 1.54) is 5.56 Å². The number of rotatable bonds is 2. The molecule has 5 nitrogen and oxygen atoms in total. The van der Waals surface area contributed by atoms with Crippen molar-refractivity contribution in [1.82, 2.24) is 4.90 Å². The van der Waals surface area contributed by atoms with E-state index >= 15 is 0 Å². The number of hydrogen-bond donors (Lipinski definition) is 0. The molecule has 0 saturated carbocycles. The molecule has 1 aromatic rings. The van der Waals surface area contributed by atoms with Crippen molar-refractivity contribution in [3.05, 3.63) is 34.9 Å². The second-order valence-electron chi connectivity index (χ2n) is 7.21. The number of hydrogen-bond acceptors (Lipinski definition) is 4. The van der Waals surface area contributed by atoms with Gasteiger partial charge in [-0.2, -0.15) is 0 Å². The third-order valence-corrected chi connectivity index (χ3v) is 3.98. The smallest absolute Gasteiger partial charge is 0.410 e. The number of nitrogens with zero attached hydrogens (tertiary/aromatic N) is 1. The van der Waals surface area contributed by atoms with Crippen LogP contribution in [0.4, 0.5) is 4.79 Å². The van der Waals surface area contributed by atoms with Crippen LogP contribution < -0.4 is 0 Å². The molecule has 1 aliphatic rings. The van der Waals surface area contributed by atoms with Crippen LogP contribution in [0, 0.1) is 0 Å². The maximum absolute atomic E-state index is 12.4. The molecule has 1 heterocycles. The summed E-state index contributed by atoms with van der Waals surface area (Å²) in [5.41, 5.74) is 2.33. The first kappa shape index (κ1) is 18.3. The SMILES string of the molecule is CCOC(=O)c1ccc2c(c1)CCN(C(=O)OC(C)(C)C)CC2C. The van der Waals surface area contributed by atoms with Gasteiger partial charge in [0.2, 0.25) is 0 Å².